The van der Waals surface area contributed by atoms with E-state index >= 15 is 0 Å². The summed E-state index contributed by atoms with van der Waals surface area (Å²) in [6, 6.07) is 14.8. The molecule has 4 rings (SSSR count). The molecule has 5 nitrogen and oxygen atoms in total. The second kappa shape index (κ2) is 6.96. The smallest absolute Gasteiger partial charge is 0.266 e. The summed E-state index contributed by atoms with van der Waals surface area (Å²) in [5.74, 6) is 0.730. The Hall–Kier alpha value is -2.21. The molecule has 0 spiro atoms. The van der Waals surface area contributed by atoms with Crippen LogP contribution in [0.15, 0.2) is 53.3 Å². The predicted molar refractivity (Wildman–Crippen MR) is 97.6 cm³/mol. The summed E-state index contributed by atoms with van der Waals surface area (Å²) in [5, 5.41) is 1.14. The second-order valence-electron chi connectivity index (χ2n) is 6.18. The molecular formula is C19H19ClN3O2+. The van der Waals surface area contributed by atoms with Gasteiger partial charge in [0, 0.05) is 0 Å². The highest BCUT2D eigenvalue weighted by Gasteiger charge is 2.21. The van der Waals surface area contributed by atoms with Crippen LogP contribution in [0.25, 0.3) is 16.6 Å². The van der Waals surface area contributed by atoms with E-state index in [1.54, 1.807) is 10.6 Å². The fourth-order valence-corrected chi connectivity index (χ4v) is 3.46. The maximum absolute atomic E-state index is 13.2. The Morgan fingerprint density at radius 3 is 2.60 bits per heavy atom. The van der Waals surface area contributed by atoms with Crippen LogP contribution in [0.2, 0.25) is 5.02 Å². The summed E-state index contributed by atoms with van der Waals surface area (Å²) < 4.78 is 7.09. The number of ether oxygens (including phenoxy) is 1. The van der Waals surface area contributed by atoms with Crippen LogP contribution in [0.5, 0.6) is 0 Å². The molecule has 1 aliphatic heterocycles. The Bertz CT molecular complexity index is 964. The minimum Gasteiger partial charge on any atom is -0.370 e. The van der Waals surface area contributed by atoms with Gasteiger partial charge < -0.3 is 9.64 Å². The van der Waals surface area contributed by atoms with Gasteiger partial charge in [-0.3, -0.25) is 9.36 Å². The average Bonchev–Trinajstić information content (AvgIpc) is 2.64. The lowest BCUT2D eigenvalue weighted by Crippen LogP contribution is -3.13. The molecule has 0 saturated carbocycles. The van der Waals surface area contributed by atoms with Crippen LogP contribution in [-0.2, 0) is 11.3 Å². The van der Waals surface area contributed by atoms with E-state index in [4.69, 9.17) is 21.3 Å². The third-order valence-corrected chi connectivity index (χ3v) is 4.87. The van der Waals surface area contributed by atoms with Crippen molar-refractivity contribution in [3.63, 3.8) is 0 Å². The molecule has 0 unspecified atom stereocenters. The van der Waals surface area contributed by atoms with Gasteiger partial charge >= 0.3 is 0 Å². The molecule has 128 valence electrons. The van der Waals surface area contributed by atoms with Crippen LogP contribution >= 0.6 is 11.6 Å². The Labute approximate surface area is 150 Å². The molecule has 0 bridgehead atoms. The van der Waals surface area contributed by atoms with Gasteiger partial charge in [-0.1, -0.05) is 35.9 Å². The van der Waals surface area contributed by atoms with Gasteiger partial charge in [0.2, 0.25) is 0 Å². The molecule has 25 heavy (non-hydrogen) atoms. The molecule has 0 radical (unpaired) electrons. The van der Waals surface area contributed by atoms with E-state index in [9.17, 15) is 4.79 Å². The zero-order valence-electron chi connectivity index (χ0n) is 13.7. The van der Waals surface area contributed by atoms with Crippen molar-refractivity contribution < 1.29 is 9.64 Å². The lowest BCUT2D eigenvalue weighted by molar-refractivity contribution is -0.922. The average molecular weight is 357 g/mol. The van der Waals surface area contributed by atoms with Gasteiger partial charge in [-0.2, -0.15) is 0 Å². The molecule has 1 aromatic heterocycles. The van der Waals surface area contributed by atoms with Crippen molar-refractivity contribution >= 4 is 22.5 Å². The van der Waals surface area contributed by atoms with Crippen LogP contribution in [0.3, 0.4) is 0 Å². The van der Waals surface area contributed by atoms with Crippen LogP contribution < -0.4 is 10.5 Å². The highest BCUT2D eigenvalue weighted by atomic mass is 35.5. The van der Waals surface area contributed by atoms with E-state index < -0.39 is 0 Å². The first kappa shape index (κ1) is 16.3. The third-order valence-electron chi connectivity index (χ3n) is 4.55. The van der Waals surface area contributed by atoms with Crippen molar-refractivity contribution in [2.24, 2.45) is 0 Å². The Balaban J connectivity index is 1.91. The van der Waals surface area contributed by atoms with Gasteiger partial charge in [0.15, 0.2) is 5.82 Å². The summed E-state index contributed by atoms with van der Waals surface area (Å²) in [4.78, 5) is 19.3. The highest BCUT2D eigenvalue weighted by molar-refractivity contribution is 6.32. The molecule has 1 fully saturated rings. The summed E-state index contributed by atoms with van der Waals surface area (Å²) in [6.45, 7) is 3.95. The van der Waals surface area contributed by atoms with E-state index in [0.29, 0.717) is 22.6 Å². The lowest BCUT2D eigenvalue weighted by Gasteiger charge is -2.24. The Morgan fingerprint density at radius 1 is 1.08 bits per heavy atom. The van der Waals surface area contributed by atoms with Gasteiger partial charge in [0.25, 0.3) is 5.56 Å². The van der Waals surface area contributed by atoms with E-state index in [0.717, 1.165) is 37.6 Å². The number of benzene rings is 2. The molecule has 6 heteroatoms. The van der Waals surface area contributed by atoms with Gasteiger partial charge in [0.05, 0.1) is 34.8 Å². The second-order valence-corrected chi connectivity index (χ2v) is 6.58. The Kier molecular flexibility index (Phi) is 4.53. The van der Waals surface area contributed by atoms with Gasteiger partial charge in [-0.05, 0) is 24.3 Å². The number of hydrogen-bond donors (Lipinski definition) is 1. The standard InChI is InChI=1S/C19H18ClN3O2/c20-15-6-2-4-8-17(15)23-18(13-22-9-11-25-12-10-22)21-16-7-3-1-5-14(16)19(23)24/h1-8H,9-13H2/p+1. The third kappa shape index (κ3) is 3.18. The van der Waals surface area contributed by atoms with Crippen molar-refractivity contribution in [1.29, 1.82) is 0 Å². The number of fused-ring (bicyclic) bond motifs is 1. The van der Waals surface area contributed by atoms with Gasteiger partial charge in [-0.15, -0.1) is 0 Å². The topological polar surface area (TPSA) is 48.6 Å². The number of nitrogens with zero attached hydrogens (tertiary/aromatic N) is 2. The number of aromatic nitrogens is 2. The van der Waals surface area contributed by atoms with Crippen LogP contribution in [-0.4, -0.2) is 35.9 Å². The number of rotatable bonds is 3. The number of para-hydroxylation sites is 2. The minimum atomic E-state index is -0.0821. The van der Waals surface area contributed by atoms with E-state index in [2.05, 4.69) is 0 Å². The van der Waals surface area contributed by atoms with Gasteiger partial charge in [0.1, 0.15) is 19.6 Å². The lowest BCUT2D eigenvalue weighted by atomic mass is 10.2. The summed E-state index contributed by atoms with van der Waals surface area (Å²) >= 11 is 6.38. The number of nitrogens with one attached hydrogen (secondary N) is 1. The number of hydrogen-bond acceptors (Lipinski definition) is 3. The first-order valence-electron chi connectivity index (χ1n) is 8.41. The van der Waals surface area contributed by atoms with Crippen molar-refractivity contribution in [1.82, 2.24) is 9.55 Å². The summed E-state index contributed by atoms with van der Waals surface area (Å²) in [5.41, 5.74) is 1.31. The van der Waals surface area contributed by atoms with Crippen molar-refractivity contribution in [2.45, 2.75) is 6.54 Å². The fraction of sp³-hybridized carbons (Fsp3) is 0.263. The van der Waals surface area contributed by atoms with Crippen molar-refractivity contribution in [3.05, 3.63) is 69.7 Å². The number of halogens is 1. The van der Waals surface area contributed by atoms with E-state index in [1.165, 1.54) is 4.90 Å². The largest absolute Gasteiger partial charge is 0.370 e. The molecule has 0 aliphatic carbocycles. The van der Waals surface area contributed by atoms with Crippen LogP contribution in [0.4, 0.5) is 0 Å². The Morgan fingerprint density at radius 2 is 1.80 bits per heavy atom. The minimum absolute atomic E-state index is 0.0821. The first-order valence-corrected chi connectivity index (χ1v) is 8.79. The normalized spacial score (nSPS) is 15.6. The van der Waals surface area contributed by atoms with E-state index in [-0.39, 0.29) is 5.56 Å². The maximum atomic E-state index is 13.2. The van der Waals surface area contributed by atoms with Gasteiger partial charge in [-0.25, -0.2) is 4.98 Å². The molecule has 2 heterocycles. The zero-order valence-corrected chi connectivity index (χ0v) is 14.5. The van der Waals surface area contributed by atoms with Crippen LogP contribution in [0, 0.1) is 0 Å². The zero-order chi connectivity index (χ0) is 17.2. The molecular weight excluding hydrogens is 338 g/mol. The fourth-order valence-electron chi connectivity index (χ4n) is 3.24. The molecule has 1 N–H and O–H groups in total. The highest BCUT2D eigenvalue weighted by Crippen LogP contribution is 2.20. The number of quaternary nitrogens is 1. The predicted octanol–water partition coefficient (Wildman–Crippen LogP) is 1.45. The number of morpholine rings is 1. The molecule has 1 aliphatic rings. The van der Waals surface area contributed by atoms with Crippen molar-refractivity contribution in [3.8, 4) is 5.69 Å². The summed E-state index contributed by atoms with van der Waals surface area (Å²) in [6.07, 6.45) is 0. The molecule has 2 aromatic carbocycles. The SMILES string of the molecule is O=c1c2ccccc2nc(C[NH+]2CCOCC2)n1-c1ccccc1Cl. The molecule has 3 aromatic rings. The summed E-state index contributed by atoms with van der Waals surface area (Å²) in [7, 11) is 0. The van der Waals surface area contributed by atoms with Crippen molar-refractivity contribution in [2.75, 3.05) is 26.3 Å². The monoisotopic (exact) mass is 356 g/mol. The van der Waals surface area contributed by atoms with E-state index in [1.807, 2.05) is 42.5 Å². The molecule has 1 saturated heterocycles. The molecule has 0 amide bonds. The quantitative estimate of drug-likeness (QED) is 0.773. The first-order chi connectivity index (χ1) is 12.2. The molecule has 0 atom stereocenters. The van der Waals surface area contributed by atoms with Crippen LogP contribution in [0.1, 0.15) is 5.82 Å². The maximum Gasteiger partial charge on any atom is 0.266 e.